The Morgan fingerprint density at radius 1 is 1.04 bits per heavy atom. The van der Waals surface area contributed by atoms with E-state index in [1.54, 1.807) is 6.07 Å². The molecule has 2 aromatic rings. The number of nitrogens with zero attached hydrogens (tertiary/aromatic N) is 2. The van der Waals surface area contributed by atoms with Crippen molar-refractivity contribution < 1.29 is 4.79 Å². The summed E-state index contributed by atoms with van der Waals surface area (Å²) in [6.07, 6.45) is 0.910. The Labute approximate surface area is 150 Å². The van der Waals surface area contributed by atoms with Crippen LogP contribution in [0.4, 0.5) is 11.4 Å². The Hall–Kier alpha value is -2.37. The quantitative estimate of drug-likeness (QED) is 0.663. The maximum atomic E-state index is 10.7. The van der Waals surface area contributed by atoms with Crippen molar-refractivity contribution in [1.29, 1.82) is 0 Å². The Bertz CT molecular complexity index is 694. The van der Waals surface area contributed by atoms with Crippen LogP contribution in [-0.2, 0) is 6.54 Å². The van der Waals surface area contributed by atoms with Crippen LogP contribution in [0.1, 0.15) is 21.5 Å². The summed E-state index contributed by atoms with van der Waals surface area (Å²) in [4.78, 5) is 15.5. The standard InChI is InChI=1S/C13H18N2O.C7H10N2/c1-14-5-7-15(8-6-14)10-12-3-2-4-13(9-12)11-16;1-5-2-3-6(8)4-7(5)9/h2-4,9,11H,5-8,10H2,1H3;2-4H,8-9H2,1H3. The highest BCUT2D eigenvalue weighted by Gasteiger charge is 2.13. The molecule has 1 aliphatic heterocycles. The first-order valence-electron chi connectivity index (χ1n) is 8.54. The second-order valence-electron chi connectivity index (χ2n) is 6.56. The second-order valence-corrected chi connectivity index (χ2v) is 6.56. The van der Waals surface area contributed by atoms with Gasteiger partial charge in [-0.25, -0.2) is 0 Å². The Balaban J connectivity index is 0.000000212. The van der Waals surface area contributed by atoms with Crippen LogP contribution in [-0.4, -0.2) is 49.3 Å². The number of rotatable bonds is 3. The number of likely N-dealkylation sites (N-methyl/N-ethyl adjacent to an activating group) is 1. The van der Waals surface area contributed by atoms with Crippen molar-refractivity contribution in [3.63, 3.8) is 0 Å². The SMILES string of the molecule is CN1CCN(Cc2cccc(C=O)c2)CC1.Cc1ccc(N)cc1N. The van der Waals surface area contributed by atoms with Crippen molar-refractivity contribution in [2.75, 3.05) is 44.7 Å². The molecule has 1 aliphatic rings. The van der Waals surface area contributed by atoms with Crippen molar-refractivity contribution in [3.8, 4) is 0 Å². The lowest BCUT2D eigenvalue weighted by atomic mass is 10.1. The van der Waals surface area contributed by atoms with E-state index >= 15 is 0 Å². The fourth-order valence-electron chi connectivity index (χ4n) is 2.69. The minimum Gasteiger partial charge on any atom is -0.399 e. The van der Waals surface area contributed by atoms with Gasteiger partial charge in [0.05, 0.1) is 0 Å². The summed E-state index contributed by atoms with van der Waals surface area (Å²) in [7, 11) is 2.16. The average molecular weight is 340 g/mol. The van der Waals surface area contributed by atoms with Crippen LogP contribution in [0.2, 0.25) is 0 Å². The Morgan fingerprint density at radius 3 is 2.36 bits per heavy atom. The van der Waals surface area contributed by atoms with Crippen LogP contribution in [0, 0.1) is 6.92 Å². The predicted molar refractivity (Wildman–Crippen MR) is 105 cm³/mol. The first-order valence-corrected chi connectivity index (χ1v) is 8.54. The van der Waals surface area contributed by atoms with Crippen molar-refractivity contribution >= 4 is 17.7 Å². The van der Waals surface area contributed by atoms with Gasteiger partial charge in [-0.3, -0.25) is 9.69 Å². The van der Waals surface area contributed by atoms with Gasteiger partial charge in [-0.1, -0.05) is 24.3 Å². The van der Waals surface area contributed by atoms with E-state index in [4.69, 9.17) is 11.5 Å². The van der Waals surface area contributed by atoms with Gasteiger partial charge in [0.15, 0.2) is 0 Å². The molecule has 0 atom stereocenters. The molecule has 134 valence electrons. The van der Waals surface area contributed by atoms with Gasteiger partial charge in [0.1, 0.15) is 6.29 Å². The first-order chi connectivity index (χ1) is 12.0. The van der Waals surface area contributed by atoms with Crippen molar-refractivity contribution in [3.05, 3.63) is 59.2 Å². The highest BCUT2D eigenvalue weighted by molar-refractivity contribution is 5.74. The molecule has 0 saturated carbocycles. The highest BCUT2D eigenvalue weighted by Crippen LogP contribution is 2.13. The maximum absolute atomic E-state index is 10.7. The maximum Gasteiger partial charge on any atom is 0.150 e. The molecule has 1 heterocycles. The third-order valence-electron chi connectivity index (χ3n) is 4.39. The van der Waals surface area contributed by atoms with Gasteiger partial charge < -0.3 is 16.4 Å². The van der Waals surface area contributed by atoms with Crippen molar-refractivity contribution in [1.82, 2.24) is 9.80 Å². The molecule has 2 aromatic carbocycles. The van der Waals surface area contributed by atoms with Gasteiger partial charge in [-0.05, 0) is 43.3 Å². The zero-order valence-electron chi connectivity index (χ0n) is 15.1. The number of benzene rings is 2. The molecule has 0 unspecified atom stereocenters. The van der Waals surface area contributed by atoms with Crippen LogP contribution in [0.15, 0.2) is 42.5 Å². The summed E-state index contributed by atoms with van der Waals surface area (Å²) in [5, 5.41) is 0. The molecule has 0 amide bonds. The Kier molecular flexibility index (Phi) is 6.98. The fourth-order valence-corrected chi connectivity index (χ4v) is 2.69. The number of aldehydes is 1. The number of piperazine rings is 1. The number of nitrogen functional groups attached to an aromatic ring is 2. The van der Waals surface area contributed by atoms with Gasteiger partial charge in [0, 0.05) is 49.7 Å². The molecule has 4 N–H and O–H groups in total. The summed E-state index contributed by atoms with van der Waals surface area (Å²) >= 11 is 0. The smallest absolute Gasteiger partial charge is 0.150 e. The van der Waals surface area contributed by atoms with E-state index in [1.807, 2.05) is 37.3 Å². The number of aryl methyl sites for hydroxylation is 1. The number of hydrogen-bond acceptors (Lipinski definition) is 5. The highest BCUT2D eigenvalue weighted by atomic mass is 16.1. The lowest BCUT2D eigenvalue weighted by molar-refractivity contribution is 0.112. The van der Waals surface area contributed by atoms with Gasteiger partial charge in [0.2, 0.25) is 0 Å². The molecule has 0 spiro atoms. The minimum atomic E-state index is 0.720. The summed E-state index contributed by atoms with van der Waals surface area (Å²) < 4.78 is 0. The predicted octanol–water partition coefficient (Wildman–Crippen LogP) is 2.41. The zero-order chi connectivity index (χ0) is 18.2. The van der Waals surface area contributed by atoms with E-state index in [-0.39, 0.29) is 0 Å². The van der Waals surface area contributed by atoms with E-state index in [9.17, 15) is 4.79 Å². The van der Waals surface area contributed by atoms with E-state index in [0.29, 0.717) is 0 Å². The van der Waals surface area contributed by atoms with E-state index < -0.39 is 0 Å². The number of hydrogen-bond donors (Lipinski definition) is 2. The van der Waals surface area contributed by atoms with E-state index in [1.165, 1.54) is 5.56 Å². The van der Waals surface area contributed by atoms with Gasteiger partial charge in [-0.15, -0.1) is 0 Å². The fraction of sp³-hybridized carbons (Fsp3) is 0.350. The molecule has 5 heteroatoms. The molecule has 3 rings (SSSR count). The summed E-state index contributed by atoms with van der Waals surface area (Å²) in [6, 6.07) is 13.4. The van der Waals surface area contributed by atoms with Gasteiger partial charge in [0.25, 0.3) is 0 Å². The lowest BCUT2D eigenvalue weighted by Crippen LogP contribution is -2.43. The summed E-state index contributed by atoms with van der Waals surface area (Å²) in [5.41, 5.74) is 15.5. The third kappa shape index (κ3) is 6.21. The molecule has 0 aromatic heterocycles. The summed E-state index contributed by atoms with van der Waals surface area (Å²) in [5.74, 6) is 0. The second kappa shape index (κ2) is 9.20. The molecule has 0 aliphatic carbocycles. The normalized spacial score (nSPS) is 15.3. The minimum absolute atomic E-state index is 0.720. The number of carbonyl (C=O) groups is 1. The molecular weight excluding hydrogens is 312 g/mol. The Morgan fingerprint density at radius 2 is 1.76 bits per heavy atom. The number of nitrogens with two attached hydrogens (primary N) is 2. The number of anilines is 2. The van der Waals surface area contributed by atoms with Crippen LogP contribution < -0.4 is 11.5 Å². The van der Waals surface area contributed by atoms with E-state index in [2.05, 4.69) is 22.9 Å². The number of carbonyl (C=O) groups excluding carboxylic acids is 1. The first kappa shape index (κ1) is 19.0. The van der Waals surface area contributed by atoms with Crippen LogP contribution >= 0.6 is 0 Å². The van der Waals surface area contributed by atoms with Crippen LogP contribution in [0.25, 0.3) is 0 Å². The van der Waals surface area contributed by atoms with Crippen LogP contribution in [0.5, 0.6) is 0 Å². The monoisotopic (exact) mass is 340 g/mol. The molecule has 1 fully saturated rings. The lowest BCUT2D eigenvalue weighted by Gasteiger charge is -2.32. The molecule has 5 nitrogen and oxygen atoms in total. The van der Waals surface area contributed by atoms with Crippen LogP contribution in [0.3, 0.4) is 0 Å². The van der Waals surface area contributed by atoms with Crippen molar-refractivity contribution in [2.24, 2.45) is 0 Å². The van der Waals surface area contributed by atoms with Gasteiger partial charge >= 0.3 is 0 Å². The largest absolute Gasteiger partial charge is 0.399 e. The van der Waals surface area contributed by atoms with E-state index in [0.717, 1.165) is 61.5 Å². The molecule has 0 bridgehead atoms. The molecular formula is C20H28N4O. The molecule has 1 saturated heterocycles. The average Bonchev–Trinajstić information content (AvgIpc) is 2.61. The molecule has 25 heavy (non-hydrogen) atoms. The molecule has 0 radical (unpaired) electrons. The topological polar surface area (TPSA) is 75.6 Å². The van der Waals surface area contributed by atoms with Crippen molar-refractivity contribution in [2.45, 2.75) is 13.5 Å². The van der Waals surface area contributed by atoms with Gasteiger partial charge in [-0.2, -0.15) is 0 Å². The summed E-state index contributed by atoms with van der Waals surface area (Å²) in [6.45, 7) is 7.40. The zero-order valence-corrected chi connectivity index (χ0v) is 15.1. The third-order valence-corrected chi connectivity index (χ3v) is 4.39.